The third kappa shape index (κ3) is 3.10. The fraction of sp³-hybridized carbons (Fsp3) is 0.176. The van der Waals surface area contributed by atoms with Crippen LogP contribution < -0.4 is 5.32 Å². The van der Waals surface area contributed by atoms with Gasteiger partial charge in [0.2, 0.25) is 5.91 Å². The first kappa shape index (κ1) is 15.7. The number of nitrogens with zero attached hydrogens (tertiary/aromatic N) is 4. The van der Waals surface area contributed by atoms with Gasteiger partial charge in [0.05, 0.1) is 12.6 Å². The van der Waals surface area contributed by atoms with E-state index in [0.717, 1.165) is 5.56 Å². The predicted octanol–water partition coefficient (Wildman–Crippen LogP) is 1.61. The van der Waals surface area contributed by atoms with E-state index < -0.39 is 0 Å². The number of benzene rings is 1. The van der Waals surface area contributed by atoms with E-state index in [0.29, 0.717) is 16.9 Å². The second-order valence-corrected chi connectivity index (χ2v) is 5.52. The number of fused-ring (bicyclic) bond motifs is 1. The molecule has 1 N–H and O–H groups in total. The number of nitrogens with one attached hydrogen (secondary N) is 1. The van der Waals surface area contributed by atoms with E-state index in [2.05, 4.69) is 15.4 Å². The molecule has 0 saturated heterocycles. The number of rotatable bonds is 4. The Morgan fingerprint density at radius 3 is 2.79 bits per heavy atom. The molecule has 24 heavy (non-hydrogen) atoms. The predicted molar refractivity (Wildman–Crippen MR) is 89.8 cm³/mol. The van der Waals surface area contributed by atoms with Crippen molar-refractivity contribution in [2.75, 3.05) is 19.4 Å². The standard InChI is InChI=1S/C17H17N5O2/c1-21(2)15(23)10-12-6-3-4-7-14(12)20-17(24)13-11-19-22-9-5-8-18-16(13)22/h3-9,11H,10H2,1-2H3,(H,20,24). The highest BCUT2D eigenvalue weighted by Gasteiger charge is 2.16. The third-order valence-corrected chi connectivity index (χ3v) is 3.63. The van der Waals surface area contributed by atoms with Crippen LogP contribution in [0.25, 0.3) is 5.65 Å². The molecular formula is C17H17N5O2. The van der Waals surface area contributed by atoms with Gasteiger partial charge < -0.3 is 10.2 Å². The van der Waals surface area contributed by atoms with E-state index in [1.54, 1.807) is 38.6 Å². The van der Waals surface area contributed by atoms with Gasteiger partial charge in [-0.2, -0.15) is 5.10 Å². The summed E-state index contributed by atoms with van der Waals surface area (Å²) in [5.41, 5.74) is 2.23. The molecule has 2 aromatic heterocycles. The Morgan fingerprint density at radius 1 is 1.21 bits per heavy atom. The number of carbonyl (C=O) groups is 2. The second-order valence-electron chi connectivity index (χ2n) is 5.52. The SMILES string of the molecule is CN(C)C(=O)Cc1ccccc1NC(=O)c1cnn2cccnc12. The van der Waals surface area contributed by atoms with E-state index in [4.69, 9.17) is 0 Å². The van der Waals surface area contributed by atoms with Gasteiger partial charge in [-0.05, 0) is 17.7 Å². The van der Waals surface area contributed by atoms with Crippen LogP contribution in [0.4, 0.5) is 5.69 Å². The lowest BCUT2D eigenvalue weighted by atomic mass is 10.1. The Kier molecular flexibility index (Phi) is 4.24. The molecule has 0 aliphatic heterocycles. The van der Waals surface area contributed by atoms with Gasteiger partial charge in [-0.1, -0.05) is 18.2 Å². The summed E-state index contributed by atoms with van der Waals surface area (Å²) in [6.07, 6.45) is 5.03. The summed E-state index contributed by atoms with van der Waals surface area (Å²) in [7, 11) is 3.41. The van der Waals surface area contributed by atoms with Gasteiger partial charge in [0.1, 0.15) is 5.56 Å². The molecule has 0 aliphatic carbocycles. The zero-order valence-corrected chi connectivity index (χ0v) is 13.4. The van der Waals surface area contributed by atoms with E-state index in [-0.39, 0.29) is 18.2 Å². The molecule has 122 valence electrons. The number of amides is 2. The number of carbonyl (C=O) groups excluding carboxylic acids is 2. The van der Waals surface area contributed by atoms with Crippen LogP contribution in [0.1, 0.15) is 15.9 Å². The second kappa shape index (κ2) is 6.49. The number of anilines is 1. The minimum absolute atomic E-state index is 0.0330. The van der Waals surface area contributed by atoms with Crippen molar-refractivity contribution < 1.29 is 9.59 Å². The zero-order valence-electron chi connectivity index (χ0n) is 13.4. The molecule has 0 radical (unpaired) electrons. The van der Waals surface area contributed by atoms with E-state index >= 15 is 0 Å². The van der Waals surface area contributed by atoms with Gasteiger partial charge in [-0.15, -0.1) is 0 Å². The molecule has 0 saturated carbocycles. The number of hydrogen-bond donors (Lipinski definition) is 1. The first-order valence-corrected chi connectivity index (χ1v) is 7.44. The Labute approximate surface area is 138 Å². The third-order valence-electron chi connectivity index (χ3n) is 3.63. The first-order chi connectivity index (χ1) is 11.6. The highest BCUT2D eigenvalue weighted by molar-refractivity contribution is 6.08. The molecule has 3 rings (SSSR count). The molecule has 0 unspecified atom stereocenters. The van der Waals surface area contributed by atoms with Gasteiger partial charge in [0, 0.05) is 32.2 Å². The molecule has 7 heteroatoms. The monoisotopic (exact) mass is 323 g/mol. The highest BCUT2D eigenvalue weighted by Crippen LogP contribution is 2.18. The summed E-state index contributed by atoms with van der Waals surface area (Å²) in [6.45, 7) is 0. The molecular weight excluding hydrogens is 306 g/mol. The molecule has 2 heterocycles. The highest BCUT2D eigenvalue weighted by atomic mass is 16.2. The maximum atomic E-state index is 12.6. The number of aromatic nitrogens is 3. The van der Waals surface area contributed by atoms with Crippen molar-refractivity contribution in [1.29, 1.82) is 0 Å². The van der Waals surface area contributed by atoms with E-state index in [1.807, 2.05) is 18.2 Å². The van der Waals surface area contributed by atoms with Crippen LogP contribution in [0.2, 0.25) is 0 Å². The lowest BCUT2D eigenvalue weighted by Crippen LogP contribution is -2.24. The van der Waals surface area contributed by atoms with Crippen molar-refractivity contribution in [3.63, 3.8) is 0 Å². The molecule has 0 atom stereocenters. The van der Waals surface area contributed by atoms with E-state index in [9.17, 15) is 9.59 Å². The number of hydrogen-bond acceptors (Lipinski definition) is 4. The smallest absolute Gasteiger partial charge is 0.261 e. The Hall–Kier alpha value is -3.22. The average Bonchev–Trinajstić information content (AvgIpc) is 3.00. The topological polar surface area (TPSA) is 79.6 Å². The van der Waals surface area contributed by atoms with Crippen molar-refractivity contribution in [3.05, 3.63) is 60.0 Å². The lowest BCUT2D eigenvalue weighted by Gasteiger charge is -2.13. The van der Waals surface area contributed by atoms with E-state index in [1.165, 1.54) is 15.6 Å². The van der Waals surface area contributed by atoms with Crippen LogP contribution in [0.3, 0.4) is 0 Å². The summed E-state index contributed by atoms with van der Waals surface area (Å²) >= 11 is 0. The molecule has 3 aromatic rings. The van der Waals surface area contributed by atoms with Crippen LogP contribution in [0, 0.1) is 0 Å². The van der Waals surface area contributed by atoms with Crippen molar-refractivity contribution >= 4 is 23.1 Å². The molecule has 1 aromatic carbocycles. The van der Waals surface area contributed by atoms with Crippen LogP contribution in [0.15, 0.2) is 48.9 Å². The Balaban J connectivity index is 1.86. The minimum atomic E-state index is -0.312. The fourth-order valence-corrected chi connectivity index (χ4v) is 2.29. The maximum absolute atomic E-state index is 12.6. The number of para-hydroxylation sites is 1. The summed E-state index contributed by atoms with van der Waals surface area (Å²) < 4.78 is 1.54. The van der Waals surface area contributed by atoms with Crippen molar-refractivity contribution in [2.45, 2.75) is 6.42 Å². The summed E-state index contributed by atoms with van der Waals surface area (Å²) in [4.78, 5) is 30.2. The summed E-state index contributed by atoms with van der Waals surface area (Å²) in [6, 6.07) is 8.99. The Morgan fingerprint density at radius 2 is 2.00 bits per heavy atom. The van der Waals surface area contributed by atoms with Gasteiger partial charge in [0.15, 0.2) is 5.65 Å². The lowest BCUT2D eigenvalue weighted by molar-refractivity contribution is -0.127. The van der Waals surface area contributed by atoms with Gasteiger partial charge in [-0.3, -0.25) is 9.59 Å². The van der Waals surface area contributed by atoms with Crippen molar-refractivity contribution in [1.82, 2.24) is 19.5 Å². The van der Waals surface area contributed by atoms with Crippen LogP contribution in [0.5, 0.6) is 0 Å². The van der Waals surface area contributed by atoms with Gasteiger partial charge in [-0.25, -0.2) is 9.50 Å². The molecule has 2 amide bonds. The quantitative estimate of drug-likeness (QED) is 0.791. The minimum Gasteiger partial charge on any atom is -0.349 e. The van der Waals surface area contributed by atoms with Crippen molar-refractivity contribution in [3.8, 4) is 0 Å². The molecule has 0 spiro atoms. The van der Waals surface area contributed by atoms with Crippen molar-refractivity contribution in [2.24, 2.45) is 0 Å². The Bertz CT molecular complexity index is 901. The fourth-order valence-electron chi connectivity index (χ4n) is 2.29. The molecule has 0 fully saturated rings. The summed E-state index contributed by atoms with van der Waals surface area (Å²) in [5.74, 6) is -0.345. The van der Waals surface area contributed by atoms with Gasteiger partial charge in [0.25, 0.3) is 5.91 Å². The van der Waals surface area contributed by atoms with Crippen LogP contribution >= 0.6 is 0 Å². The summed E-state index contributed by atoms with van der Waals surface area (Å²) in [5, 5.41) is 6.95. The maximum Gasteiger partial charge on any atom is 0.261 e. The van der Waals surface area contributed by atoms with Gasteiger partial charge >= 0.3 is 0 Å². The average molecular weight is 323 g/mol. The normalized spacial score (nSPS) is 10.6. The zero-order chi connectivity index (χ0) is 17.1. The first-order valence-electron chi connectivity index (χ1n) is 7.44. The molecule has 0 aliphatic rings. The molecule has 7 nitrogen and oxygen atoms in total. The largest absolute Gasteiger partial charge is 0.349 e. The van der Waals surface area contributed by atoms with Crippen LogP contribution in [-0.2, 0) is 11.2 Å². The number of likely N-dealkylation sites (N-methyl/N-ethyl adjacent to an activating group) is 1. The molecule has 0 bridgehead atoms. The van der Waals surface area contributed by atoms with Crippen LogP contribution in [-0.4, -0.2) is 45.4 Å².